The summed E-state index contributed by atoms with van der Waals surface area (Å²) in [6.07, 6.45) is 0.935. The fourth-order valence-electron chi connectivity index (χ4n) is 2.09. The van der Waals surface area contributed by atoms with Crippen LogP contribution in [0.3, 0.4) is 0 Å². The number of nitrogen functional groups attached to an aromatic ring is 1. The van der Waals surface area contributed by atoms with Crippen molar-refractivity contribution in [2.24, 2.45) is 5.73 Å². The normalized spacial score (nSPS) is 10.3. The van der Waals surface area contributed by atoms with E-state index in [4.69, 9.17) is 11.1 Å². The third-order valence-corrected chi connectivity index (χ3v) is 3.24. The summed E-state index contributed by atoms with van der Waals surface area (Å²) in [5, 5.41) is 7.65. The number of hydrogen-bond donors (Lipinski definition) is 2. The molecule has 0 aliphatic heterocycles. The van der Waals surface area contributed by atoms with Gasteiger partial charge < -0.3 is 10.6 Å². The van der Waals surface area contributed by atoms with Gasteiger partial charge in [0.25, 0.3) is 0 Å². The summed E-state index contributed by atoms with van der Waals surface area (Å²) in [7, 11) is 1.98. The molecule has 0 spiro atoms. The van der Waals surface area contributed by atoms with Crippen LogP contribution in [-0.4, -0.2) is 24.4 Å². The Hall–Kier alpha value is -2.36. The Kier molecular flexibility index (Phi) is 4.35. The highest BCUT2D eigenvalue weighted by atomic mass is 15.2. The van der Waals surface area contributed by atoms with Crippen molar-refractivity contribution in [1.82, 2.24) is 4.98 Å². The van der Waals surface area contributed by atoms with E-state index in [1.54, 1.807) is 0 Å². The smallest absolute Gasteiger partial charge is 0.139 e. The first kappa shape index (κ1) is 14.1. The molecule has 104 valence electrons. The highest BCUT2D eigenvalue weighted by Gasteiger charge is 2.11. The van der Waals surface area contributed by atoms with Crippen LogP contribution in [0.4, 0.5) is 5.82 Å². The number of nitrogens with zero attached hydrogens (tertiary/aromatic N) is 2. The minimum atomic E-state index is 0.0547. The number of benzene rings is 1. The molecule has 0 fully saturated rings. The van der Waals surface area contributed by atoms with Gasteiger partial charge in [-0.3, -0.25) is 5.41 Å². The SMILES string of the molecule is Cc1ccc(C(=N)N)c(N(C)CCc2ccccc2)n1. The van der Waals surface area contributed by atoms with Gasteiger partial charge in [0.05, 0.1) is 5.56 Å². The van der Waals surface area contributed by atoms with Crippen LogP contribution in [0.15, 0.2) is 42.5 Å². The minimum absolute atomic E-state index is 0.0547. The van der Waals surface area contributed by atoms with E-state index in [0.29, 0.717) is 5.56 Å². The van der Waals surface area contributed by atoms with E-state index in [0.717, 1.165) is 24.5 Å². The zero-order valence-electron chi connectivity index (χ0n) is 11.9. The second-order valence-corrected chi connectivity index (χ2v) is 4.89. The molecule has 0 aliphatic carbocycles. The molecule has 0 amide bonds. The molecule has 20 heavy (non-hydrogen) atoms. The van der Waals surface area contributed by atoms with Crippen LogP contribution < -0.4 is 10.6 Å². The molecule has 4 nitrogen and oxygen atoms in total. The number of rotatable bonds is 5. The second kappa shape index (κ2) is 6.19. The van der Waals surface area contributed by atoms with E-state index in [1.165, 1.54) is 5.56 Å². The quantitative estimate of drug-likeness (QED) is 0.646. The molecule has 0 unspecified atom stereocenters. The highest BCUT2D eigenvalue weighted by Crippen LogP contribution is 2.17. The first-order valence-electron chi connectivity index (χ1n) is 6.65. The van der Waals surface area contributed by atoms with Crippen LogP contribution in [-0.2, 0) is 6.42 Å². The molecule has 2 aromatic rings. The molecule has 1 aromatic heterocycles. The number of hydrogen-bond acceptors (Lipinski definition) is 3. The third kappa shape index (κ3) is 3.35. The fraction of sp³-hybridized carbons (Fsp3) is 0.250. The second-order valence-electron chi connectivity index (χ2n) is 4.89. The number of pyridine rings is 1. The molecule has 0 saturated carbocycles. The van der Waals surface area contributed by atoms with Crippen molar-refractivity contribution in [3.8, 4) is 0 Å². The third-order valence-electron chi connectivity index (χ3n) is 3.24. The zero-order valence-corrected chi connectivity index (χ0v) is 11.9. The van der Waals surface area contributed by atoms with E-state index in [2.05, 4.69) is 22.0 Å². The molecule has 2 rings (SSSR count). The van der Waals surface area contributed by atoms with Crippen molar-refractivity contribution in [3.05, 3.63) is 59.3 Å². The molecule has 0 atom stereocenters. The average molecular weight is 268 g/mol. The van der Waals surface area contributed by atoms with Crippen molar-refractivity contribution < 1.29 is 0 Å². The summed E-state index contributed by atoms with van der Waals surface area (Å²) >= 11 is 0. The predicted molar refractivity (Wildman–Crippen MR) is 83.4 cm³/mol. The molecule has 0 bridgehead atoms. The van der Waals surface area contributed by atoms with E-state index in [-0.39, 0.29) is 5.84 Å². The van der Waals surface area contributed by atoms with Gasteiger partial charge in [0, 0.05) is 19.3 Å². The molecular formula is C16H20N4. The zero-order chi connectivity index (χ0) is 14.5. The van der Waals surface area contributed by atoms with Crippen molar-refractivity contribution in [2.45, 2.75) is 13.3 Å². The monoisotopic (exact) mass is 268 g/mol. The average Bonchev–Trinajstić information content (AvgIpc) is 2.45. The van der Waals surface area contributed by atoms with Gasteiger partial charge in [-0.15, -0.1) is 0 Å². The lowest BCUT2D eigenvalue weighted by Gasteiger charge is -2.21. The number of nitrogens with one attached hydrogen (secondary N) is 1. The van der Waals surface area contributed by atoms with Crippen molar-refractivity contribution in [1.29, 1.82) is 5.41 Å². The van der Waals surface area contributed by atoms with Crippen LogP contribution in [0.1, 0.15) is 16.8 Å². The van der Waals surface area contributed by atoms with Crippen LogP contribution in [0.2, 0.25) is 0 Å². The van der Waals surface area contributed by atoms with Gasteiger partial charge in [0.2, 0.25) is 0 Å². The van der Waals surface area contributed by atoms with E-state index in [9.17, 15) is 0 Å². The molecule has 1 aromatic carbocycles. The van der Waals surface area contributed by atoms with E-state index in [1.807, 2.05) is 44.3 Å². The van der Waals surface area contributed by atoms with Crippen LogP contribution in [0, 0.1) is 12.3 Å². The maximum Gasteiger partial charge on any atom is 0.139 e. The largest absolute Gasteiger partial charge is 0.384 e. The van der Waals surface area contributed by atoms with Gasteiger partial charge in [0.1, 0.15) is 11.7 Å². The topological polar surface area (TPSA) is 66.0 Å². The van der Waals surface area contributed by atoms with Crippen LogP contribution in [0.25, 0.3) is 0 Å². The maximum absolute atomic E-state index is 7.65. The van der Waals surface area contributed by atoms with Crippen molar-refractivity contribution >= 4 is 11.7 Å². The number of amidine groups is 1. The summed E-state index contributed by atoms with van der Waals surface area (Å²) in [4.78, 5) is 6.56. The molecule has 0 radical (unpaired) electrons. The number of aromatic nitrogens is 1. The molecule has 4 heteroatoms. The van der Waals surface area contributed by atoms with Crippen molar-refractivity contribution in [3.63, 3.8) is 0 Å². The van der Waals surface area contributed by atoms with Crippen molar-refractivity contribution in [2.75, 3.05) is 18.5 Å². The number of aryl methyl sites for hydroxylation is 1. The summed E-state index contributed by atoms with van der Waals surface area (Å²) in [6, 6.07) is 14.1. The van der Waals surface area contributed by atoms with Gasteiger partial charge in [0.15, 0.2) is 0 Å². The lowest BCUT2D eigenvalue weighted by atomic mass is 10.1. The lowest BCUT2D eigenvalue weighted by molar-refractivity contribution is 0.855. The van der Waals surface area contributed by atoms with Crippen LogP contribution >= 0.6 is 0 Å². The van der Waals surface area contributed by atoms with Gasteiger partial charge in [-0.25, -0.2) is 4.98 Å². The van der Waals surface area contributed by atoms with Gasteiger partial charge in [-0.2, -0.15) is 0 Å². The fourth-order valence-corrected chi connectivity index (χ4v) is 2.09. The van der Waals surface area contributed by atoms with Gasteiger partial charge in [-0.05, 0) is 31.0 Å². The molecule has 0 aliphatic rings. The first-order chi connectivity index (χ1) is 9.58. The summed E-state index contributed by atoms with van der Waals surface area (Å²) < 4.78 is 0. The minimum Gasteiger partial charge on any atom is -0.384 e. The Labute approximate surface area is 119 Å². The van der Waals surface area contributed by atoms with Crippen LogP contribution in [0.5, 0.6) is 0 Å². The molecule has 0 saturated heterocycles. The molecule has 3 N–H and O–H groups in total. The Morgan fingerprint density at radius 3 is 2.55 bits per heavy atom. The standard InChI is InChI=1S/C16H20N4/c1-12-8-9-14(15(17)18)16(19-12)20(2)11-10-13-6-4-3-5-7-13/h3-9H,10-11H2,1-2H3,(H3,17,18). The molecule has 1 heterocycles. The summed E-state index contributed by atoms with van der Waals surface area (Å²) in [5.41, 5.74) is 8.53. The Bertz CT molecular complexity index is 593. The van der Waals surface area contributed by atoms with Gasteiger partial charge in [-0.1, -0.05) is 30.3 Å². The number of nitrogens with two attached hydrogens (primary N) is 1. The van der Waals surface area contributed by atoms with Gasteiger partial charge >= 0.3 is 0 Å². The highest BCUT2D eigenvalue weighted by molar-refractivity contribution is 5.99. The predicted octanol–water partition coefficient (Wildman–Crippen LogP) is 2.35. The number of anilines is 1. The Morgan fingerprint density at radius 1 is 1.20 bits per heavy atom. The van der Waals surface area contributed by atoms with E-state index < -0.39 is 0 Å². The summed E-state index contributed by atoms with van der Waals surface area (Å²) in [5.74, 6) is 0.826. The molecular weight excluding hydrogens is 248 g/mol. The van der Waals surface area contributed by atoms with E-state index >= 15 is 0 Å². The Morgan fingerprint density at radius 2 is 1.90 bits per heavy atom. The number of likely N-dealkylation sites (N-methyl/N-ethyl adjacent to an activating group) is 1. The summed E-state index contributed by atoms with van der Waals surface area (Å²) in [6.45, 7) is 2.78. The maximum atomic E-state index is 7.65. The first-order valence-corrected chi connectivity index (χ1v) is 6.65. The Balaban J connectivity index is 2.14. The lowest BCUT2D eigenvalue weighted by Crippen LogP contribution is -2.26.